The van der Waals surface area contributed by atoms with Crippen LogP contribution in [-0.4, -0.2) is 47.3 Å². The predicted molar refractivity (Wildman–Crippen MR) is 117 cm³/mol. The second kappa shape index (κ2) is 10.3. The Hall–Kier alpha value is -1.13. The third kappa shape index (κ3) is 5.73. The van der Waals surface area contributed by atoms with Crippen LogP contribution in [0.3, 0.4) is 0 Å². The summed E-state index contributed by atoms with van der Waals surface area (Å²) in [7, 11) is 3.63. The lowest BCUT2D eigenvalue weighted by Gasteiger charge is -2.20. The summed E-state index contributed by atoms with van der Waals surface area (Å²) in [5, 5.41) is 21.2. The third-order valence-corrected chi connectivity index (χ3v) is 7.76. The van der Waals surface area contributed by atoms with E-state index in [1.54, 1.807) is 4.90 Å². The number of hydrogen-bond donors (Lipinski definition) is 2. The summed E-state index contributed by atoms with van der Waals surface area (Å²) in [6.45, 7) is 2.25. The molecule has 3 rings (SSSR count). The molecule has 2 saturated carbocycles. The quantitative estimate of drug-likeness (QED) is 0.445. The molecule has 2 N–H and O–H groups in total. The van der Waals surface area contributed by atoms with Gasteiger partial charge in [0.25, 0.3) is 0 Å². The Morgan fingerprint density at radius 3 is 2.76 bits per heavy atom. The highest BCUT2D eigenvalue weighted by atomic mass is 16.3. The van der Waals surface area contributed by atoms with Crippen molar-refractivity contribution in [3.63, 3.8) is 0 Å². The fraction of sp³-hybridized carbons (Fsp3) is 0.800. The topological polar surface area (TPSA) is 60.8 Å². The molecule has 0 aromatic heterocycles. The molecule has 3 aliphatic carbocycles. The molecule has 4 heteroatoms. The van der Waals surface area contributed by atoms with Crippen molar-refractivity contribution in [3.8, 4) is 0 Å². The highest BCUT2D eigenvalue weighted by molar-refractivity contribution is 5.75. The van der Waals surface area contributed by atoms with Gasteiger partial charge in [0, 0.05) is 26.4 Å². The fourth-order valence-electron chi connectivity index (χ4n) is 5.84. The molecule has 2 unspecified atom stereocenters. The highest BCUT2D eigenvalue weighted by Gasteiger charge is 2.43. The summed E-state index contributed by atoms with van der Waals surface area (Å²) < 4.78 is 0. The van der Waals surface area contributed by atoms with Crippen LogP contribution in [0.5, 0.6) is 0 Å². The minimum atomic E-state index is -0.360. The number of nitrogens with zero attached hydrogens (tertiary/aromatic N) is 1. The van der Waals surface area contributed by atoms with Gasteiger partial charge in [-0.05, 0) is 68.6 Å². The first-order valence-corrected chi connectivity index (χ1v) is 11.8. The van der Waals surface area contributed by atoms with E-state index in [0.717, 1.165) is 50.9 Å². The average Bonchev–Trinajstić information content (AvgIpc) is 3.38. The van der Waals surface area contributed by atoms with Crippen molar-refractivity contribution in [1.82, 2.24) is 4.90 Å². The maximum absolute atomic E-state index is 11.7. The lowest BCUT2D eigenvalue weighted by molar-refractivity contribution is -0.128. The maximum Gasteiger partial charge on any atom is 0.222 e. The van der Waals surface area contributed by atoms with Crippen molar-refractivity contribution >= 4 is 5.91 Å². The van der Waals surface area contributed by atoms with Crippen LogP contribution in [0.1, 0.15) is 71.1 Å². The average molecular weight is 404 g/mol. The van der Waals surface area contributed by atoms with E-state index in [4.69, 9.17) is 0 Å². The van der Waals surface area contributed by atoms with Gasteiger partial charge in [-0.2, -0.15) is 0 Å². The van der Waals surface area contributed by atoms with Gasteiger partial charge in [0.05, 0.1) is 12.2 Å². The van der Waals surface area contributed by atoms with E-state index in [9.17, 15) is 15.0 Å². The van der Waals surface area contributed by atoms with Crippen LogP contribution in [-0.2, 0) is 4.79 Å². The van der Waals surface area contributed by atoms with Crippen molar-refractivity contribution in [2.24, 2.45) is 29.6 Å². The van der Waals surface area contributed by atoms with Gasteiger partial charge in [-0.15, -0.1) is 0 Å². The van der Waals surface area contributed by atoms with Crippen LogP contribution in [0.15, 0.2) is 23.8 Å². The molecule has 3 aliphatic rings. The SMILES string of the molecule is CCC1CCC([C@@H](O)/C=C/[C@@H]2[C@H]3CC(CCCCC(=O)N(C)C)=C[C@H]3C[C@H]2O)C1. The molecule has 29 heavy (non-hydrogen) atoms. The van der Waals surface area contributed by atoms with Crippen molar-refractivity contribution in [3.05, 3.63) is 23.8 Å². The number of fused-ring (bicyclic) bond motifs is 1. The largest absolute Gasteiger partial charge is 0.392 e. The zero-order chi connectivity index (χ0) is 21.0. The Kier molecular flexibility index (Phi) is 7.98. The van der Waals surface area contributed by atoms with Gasteiger partial charge in [-0.3, -0.25) is 4.79 Å². The maximum atomic E-state index is 11.7. The van der Waals surface area contributed by atoms with Crippen molar-refractivity contribution in [1.29, 1.82) is 0 Å². The molecule has 7 atom stereocenters. The Balaban J connectivity index is 1.45. The van der Waals surface area contributed by atoms with Gasteiger partial charge in [-0.1, -0.05) is 43.6 Å². The Morgan fingerprint density at radius 2 is 2.07 bits per heavy atom. The summed E-state index contributed by atoms with van der Waals surface area (Å²) in [4.78, 5) is 13.4. The van der Waals surface area contributed by atoms with E-state index >= 15 is 0 Å². The standard InChI is InChI=1S/C25H41NO3/c1-4-17-9-10-19(13-17)23(27)12-11-21-22-15-18(14-20(22)16-24(21)28)7-5-6-8-25(29)26(2)3/h11-12,14,17,19-24,27-28H,4-10,13,15-16H2,1-3H3/b12-11+/t17?,19?,20-,21+,22-,23-,24+/m0/s1. The molecule has 0 aromatic rings. The molecule has 2 fully saturated rings. The molecule has 0 spiro atoms. The van der Waals surface area contributed by atoms with Gasteiger partial charge >= 0.3 is 0 Å². The smallest absolute Gasteiger partial charge is 0.222 e. The second-order valence-corrected chi connectivity index (χ2v) is 9.96. The Labute approximate surface area is 177 Å². The van der Waals surface area contributed by atoms with Gasteiger partial charge in [-0.25, -0.2) is 0 Å². The number of allylic oxidation sites excluding steroid dienone is 2. The van der Waals surface area contributed by atoms with E-state index in [0.29, 0.717) is 24.2 Å². The van der Waals surface area contributed by atoms with Crippen LogP contribution in [0.4, 0.5) is 0 Å². The van der Waals surface area contributed by atoms with Crippen LogP contribution >= 0.6 is 0 Å². The van der Waals surface area contributed by atoms with Gasteiger partial charge in [0.2, 0.25) is 5.91 Å². The van der Waals surface area contributed by atoms with Crippen LogP contribution in [0.2, 0.25) is 0 Å². The first-order valence-electron chi connectivity index (χ1n) is 11.8. The molecule has 0 aliphatic heterocycles. The fourth-order valence-corrected chi connectivity index (χ4v) is 5.84. The lowest BCUT2D eigenvalue weighted by Crippen LogP contribution is -2.21. The minimum Gasteiger partial charge on any atom is -0.392 e. The summed E-state index contributed by atoms with van der Waals surface area (Å²) in [5.74, 6) is 2.51. The monoisotopic (exact) mass is 403 g/mol. The van der Waals surface area contributed by atoms with Crippen LogP contribution in [0, 0.1) is 29.6 Å². The number of carbonyl (C=O) groups excluding carboxylic acids is 1. The molecule has 164 valence electrons. The predicted octanol–water partition coefficient (Wildman–Crippen LogP) is 4.32. The summed E-state index contributed by atoms with van der Waals surface area (Å²) >= 11 is 0. The van der Waals surface area contributed by atoms with E-state index in [1.807, 2.05) is 20.2 Å². The zero-order valence-electron chi connectivity index (χ0n) is 18.6. The number of aliphatic hydroxyl groups excluding tert-OH is 2. The number of unbranched alkanes of at least 4 members (excludes halogenated alkanes) is 1. The highest BCUT2D eigenvalue weighted by Crippen LogP contribution is 2.48. The molecule has 0 aromatic carbocycles. The number of aliphatic hydroxyl groups is 2. The minimum absolute atomic E-state index is 0.169. The molecule has 0 bridgehead atoms. The summed E-state index contributed by atoms with van der Waals surface area (Å²) in [6.07, 6.45) is 16.2. The normalized spacial score (nSPS) is 35.1. The van der Waals surface area contributed by atoms with E-state index < -0.39 is 0 Å². The van der Waals surface area contributed by atoms with E-state index in [-0.39, 0.29) is 24.0 Å². The molecular weight excluding hydrogens is 362 g/mol. The van der Waals surface area contributed by atoms with Crippen molar-refractivity contribution < 1.29 is 15.0 Å². The molecule has 4 nitrogen and oxygen atoms in total. The second-order valence-electron chi connectivity index (χ2n) is 9.96. The summed E-state index contributed by atoms with van der Waals surface area (Å²) in [5.41, 5.74) is 1.50. The van der Waals surface area contributed by atoms with Gasteiger partial charge in [0.15, 0.2) is 0 Å². The van der Waals surface area contributed by atoms with Crippen LogP contribution in [0.25, 0.3) is 0 Å². The summed E-state index contributed by atoms with van der Waals surface area (Å²) in [6, 6.07) is 0. The van der Waals surface area contributed by atoms with Crippen molar-refractivity contribution in [2.75, 3.05) is 14.1 Å². The molecule has 0 radical (unpaired) electrons. The molecule has 0 saturated heterocycles. The van der Waals surface area contributed by atoms with E-state index in [2.05, 4.69) is 19.1 Å². The van der Waals surface area contributed by atoms with E-state index in [1.165, 1.54) is 18.4 Å². The molecule has 1 amide bonds. The Morgan fingerprint density at radius 1 is 1.28 bits per heavy atom. The third-order valence-electron chi connectivity index (χ3n) is 7.76. The number of carbonyl (C=O) groups is 1. The number of amides is 1. The molecule has 0 heterocycles. The first-order chi connectivity index (χ1) is 13.9. The zero-order valence-corrected chi connectivity index (χ0v) is 18.6. The number of hydrogen-bond acceptors (Lipinski definition) is 3. The van der Waals surface area contributed by atoms with Gasteiger partial charge < -0.3 is 15.1 Å². The van der Waals surface area contributed by atoms with Crippen molar-refractivity contribution in [2.45, 2.75) is 83.3 Å². The Bertz CT molecular complexity index is 611. The molecular formula is C25H41NO3. The number of rotatable bonds is 9. The first kappa shape index (κ1) is 22.6. The lowest BCUT2D eigenvalue weighted by atomic mass is 9.87. The van der Waals surface area contributed by atoms with Crippen LogP contribution < -0.4 is 0 Å². The van der Waals surface area contributed by atoms with Gasteiger partial charge in [0.1, 0.15) is 0 Å².